The van der Waals surface area contributed by atoms with Gasteiger partial charge in [0.25, 0.3) is 0 Å². The van der Waals surface area contributed by atoms with E-state index >= 15 is 0 Å². The number of ketones is 1. The first-order chi connectivity index (χ1) is 13.9. The number of hydrogen-bond acceptors (Lipinski definition) is 3. The van der Waals surface area contributed by atoms with E-state index < -0.39 is 5.97 Å². The Labute approximate surface area is 190 Å². The molecule has 0 unspecified atom stereocenters. The number of Topliss-reactive ketones (excluding diaryl/α,β-unsaturated/α-hetero) is 1. The van der Waals surface area contributed by atoms with Gasteiger partial charge in [0, 0.05) is 20.3 Å². The van der Waals surface area contributed by atoms with Crippen LogP contribution in [0.3, 0.4) is 0 Å². The largest absolute Gasteiger partial charge is 0.478 e. The second-order valence-electron chi connectivity index (χ2n) is 6.19. The number of halogens is 2. The Morgan fingerprint density at radius 1 is 0.793 bits per heavy atom. The Bertz CT molecular complexity index is 1040. The van der Waals surface area contributed by atoms with E-state index in [4.69, 9.17) is 5.11 Å². The lowest BCUT2D eigenvalue weighted by Crippen LogP contribution is -2.03. The Morgan fingerprint density at radius 3 is 1.86 bits per heavy atom. The molecule has 0 heterocycles. The fourth-order valence-corrected chi connectivity index (χ4v) is 4.04. The highest BCUT2D eigenvalue weighted by atomic mass is 79.9. The highest BCUT2D eigenvalue weighted by Crippen LogP contribution is 2.28. The summed E-state index contributed by atoms with van der Waals surface area (Å²) in [5.41, 5.74) is 2.64. The zero-order chi connectivity index (χ0) is 20.8. The summed E-state index contributed by atoms with van der Waals surface area (Å²) in [5.74, 6) is -0.500. The quantitative estimate of drug-likeness (QED) is 0.262. The van der Waals surface area contributed by atoms with Crippen molar-refractivity contribution in [3.05, 3.63) is 109 Å². The normalized spacial score (nSPS) is 11.3. The first kappa shape index (κ1) is 21.6. The monoisotopic (exact) mass is 530 g/mol. The van der Waals surface area contributed by atoms with Crippen molar-refractivity contribution in [3.63, 3.8) is 0 Å². The van der Waals surface area contributed by atoms with E-state index in [1.165, 1.54) is 23.9 Å². The first-order valence-electron chi connectivity index (χ1n) is 8.65. The van der Waals surface area contributed by atoms with Gasteiger partial charge in [0.05, 0.1) is 10.5 Å². The zero-order valence-corrected chi connectivity index (χ0v) is 19.1. The van der Waals surface area contributed by atoms with Gasteiger partial charge in [-0.3, -0.25) is 4.79 Å². The molecule has 0 atom stereocenters. The number of carbonyl (C=O) groups excluding carboxylic acids is 1. The van der Waals surface area contributed by atoms with Gasteiger partial charge in [-0.25, -0.2) is 4.79 Å². The molecule has 6 heteroatoms. The van der Waals surface area contributed by atoms with Crippen LogP contribution in [0.15, 0.2) is 86.6 Å². The summed E-state index contributed by atoms with van der Waals surface area (Å²) in [6.07, 6.45) is 1.86. The maximum absolute atomic E-state index is 13.1. The summed E-state index contributed by atoms with van der Waals surface area (Å²) in [4.78, 5) is 24.8. The molecular formula is C23H16Br2O3S. The molecule has 0 saturated carbocycles. The van der Waals surface area contributed by atoms with Crippen LogP contribution in [0.2, 0.25) is 0 Å². The predicted octanol–water partition coefficient (Wildman–Crippen LogP) is 7.07. The molecule has 1 N–H and O–H groups in total. The molecule has 146 valence electrons. The third-order valence-electron chi connectivity index (χ3n) is 4.09. The minimum absolute atomic E-state index is 0.132. The van der Waals surface area contributed by atoms with Gasteiger partial charge < -0.3 is 5.11 Å². The van der Waals surface area contributed by atoms with Crippen LogP contribution in [0.4, 0.5) is 0 Å². The summed E-state index contributed by atoms with van der Waals surface area (Å²) in [6.45, 7) is 0. The second kappa shape index (κ2) is 10.1. The highest BCUT2D eigenvalue weighted by Gasteiger charge is 2.15. The molecule has 0 bridgehead atoms. The van der Waals surface area contributed by atoms with Gasteiger partial charge >= 0.3 is 5.97 Å². The first-order valence-corrected chi connectivity index (χ1v) is 11.2. The van der Waals surface area contributed by atoms with E-state index in [-0.39, 0.29) is 11.3 Å². The zero-order valence-electron chi connectivity index (χ0n) is 15.1. The number of carboxylic acid groups (broad SMARTS) is 1. The van der Waals surface area contributed by atoms with Crippen molar-refractivity contribution in [2.24, 2.45) is 0 Å². The van der Waals surface area contributed by atoms with E-state index in [1.54, 1.807) is 12.1 Å². The second-order valence-corrected chi connectivity index (χ2v) is 9.04. The van der Waals surface area contributed by atoms with Crippen LogP contribution in [0.25, 0.3) is 6.08 Å². The van der Waals surface area contributed by atoms with Gasteiger partial charge in [-0.1, -0.05) is 68.3 Å². The smallest absolute Gasteiger partial charge is 0.335 e. The van der Waals surface area contributed by atoms with E-state index in [0.29, 0.717) is 16.2 Å². The van der Waals surface area contributed by atoms with Crippen molar-refractivity contribution < 1.29 is 14.7 Å². The SMILES string of the molecule is O=C(O)c1ccc(C(=O)/C(=C\c2ccc(Br)cc2)SCc2ccc(Br)cc2)cc1. The summed E-state index contributed by atoms with van der Waals surface area (Å²) >= 11 is 8.31. The van der Waals surface area contributed by atoms with E-state index in [2.05, 4.69) is 31.9 Å². The van der Waals surface area contributed by atoms with Gasteiger partial charge in [-0.15, -0.1) is 11.8 Å². The van der Waals surface area contributed by atoms with Crippen LogP contribution >= 0.6 is 43.6 Å². The minimum Gasteiger partial charge on any atom is -0.478 e. The highest BCUT2D eigenvalue weighted by molar-refractivity contribution is 9.10. The van der Waals surface area contributed by atoms with Crippen LogP contribution < -0.4 is 0 Å². The van der Waals surface area contributed by atoms with Crippen LogP contribution in [0.1, 0.15) is 31.8 Å². The average Bonchev–Trinajstić information content (AvgIpc) is 2.73. The molecule has 0 aliphatic carbocycles. The van der Waals surface area contributed by atoms with Crippen molar-refractivity contribution in [1.29, 1.82) is 0 Å². The average molecular weight is 532 g/mol. The van der Waals surface area contributed by atoms with Crippen LogP contribution in [-0.2, 0) is 5.75 Å². The summed E-state index contributed by atoms with van der Waals surface area (Å²) in [7, 11) is 0. The van der Waals surface area contributed by atoms with Gasteiger partial charge in [-0.2, -0.15) is 0 Å². The topological polar surface area (TPSA) is 54.4 Å². The summed E-state index contributed by atoms with van der Waals surface area (Å²) in [6, 6.07) is 21.7. The molecule has 0 radical (unpaired) electrons. The number of carbonyl (C=O) groups is 2. The van der Waals surface area contributed by atoms with E-state index in [9.17, 15) is 9.59 Å². The van der Waals surface area contributed by atoms with Crippen LogP contribution in [0, 0.1) is 0 Å². The lowest BCUT2D eigenvalue weighted by Gasteiger charge is -2.08. The van der Waals surface area contributed by atoms with E-state index in [0.717, 1.165) is 20.1 Å². The Balaban J connectivity index is 1.88. The molecule has 3 aromatic rings. The Hall–Kier alpha value is -2.15. The molecule has 0 spiro atoms. The summed E-state index contributed by atoms with van der Waals surface area (Å²) in [5, 5.41) is 9.06. The minimum atomic E-state index is -1.01. The molecule has 3 rings (SSSR count). The molecule has 0 saturated heterocycles. The van der Waals surface area contributed by atoms with Crippen molar-refractivity contribution >= 4 is 61.5 Å². The Kier molecular flexibility index (Phi) is 7.47. The fourth-order valence-electron chi connectivity index (χ4n) is 2.53. The lowest BCUT2D eigenvalue weighted by molar-refractivity contribution is 0.0696. The van der Waals surface area contributed by atoms with Crippen LogP contribution in [0.5, 0.6) is 0 Å². The van der Waals surface area contributed by atoms with Crippen molar-refractivity contribution in [2.45, 2.75) is 5.75 Å². The number of aromatic carboxylic acids is 1. The molecule has 0 aliphatic rings. The van der Waals surface area contributed by atoms with Gasteiger partial charge in [-0.05, 0) is 53.6 Å². The summed E-state index contributed by atoms with van der Waals surface area (Å²) < 4.78 is 1.97. The maximum atomic E-state index is 13.1. The fraction of sp³-hybridized carbons (Fsp3) is 0.0435. The van der Waals surface area contributed by atoms with Crippen molar-refractivity contribution in [1.82, 2.24) is 0 Å². The third kappa shape index (κ3) is 6.16. The molecule has 0 aliphatic heterocycles. The predicted molar refractivity (Wildman–Crippen MR) is 125 cm³/mol. The number of carboxylic acids is 1. The molecule has 0 aromatic heterocycles. The number of allylic oxidation sites excluding steroid dienone is 1. The number of thioether (sulfide) groups is 1. The Morgan fingerprint density at radius 2 is 1.31 bits per heavy atom. The van der Waals surface area contributed by atoms with Crippen molar-refractivity contribution in [2.75, 3.05) is 0 Å². The van der Waals surface area contributed by atoms with Crippen molar-refractivity contribution in [3.8, 4) is 0 Å². The van der Waals surface area contributed by atoms with Crippen LogP contribution in [-0.4, -0.2) is 16.9 Å². The maximum Gasteiger partial charge on any atom is 0.335 e. The third-order valence-corrected chi connectivity index (χ3v) is 6.24. The molecule has 3 aromatic carbocycles. The van der Waals surface area contributed by atoms with E-state index in [1.807, 2.05) is 54.6 Å². The van der Waals surface area contributed by atoms with Gasteiger partial charge in [0.15, 0.2) is 5.78 Å². The standard InChI is InChI=1S/C23H16Br2O3S/c24-19-9-1-15(2-10-19)13-21(29-14-16-3-11-20(25)12-4-16)22(26)17-5-7-18(8-6-17)23(27)28/h1-13H,14H2,(H,27,28)/b21-13+. The number of benzene rings is 3. The lowest BCUT2D eigenvalue weighted by atomic mass is 10.1. The molecule has 3 nitrogen and oxygen atoms in total. The molecule has 0 amide bonds. The molecular weight excluding hydrogens is 516 g/mol. The van der Waals surface area contributed by atoms with Gasteiger partial charge in [0.1, 0.15) is 0 Å². The number of hydrogen-bond donors (Lipinski definition) is 1. The van der Waals surface area contributed by atoms with Gasteiger partial charge in [0.2, 0.25) is 0 Å². The number of rotatable bonds is 7. The molecule has 0 fully saturated rings. The molecule has 29 heavy (non-hydrogen) atoms.